The molecule has 23 heavy (non-hydrogen) atoms. The number of nitrogens with one attached hydrogen (secondary N) is 1. The van der Waals surface area contributed by atoms with Gasteiger partial charge in [-0.3, -0.25) is 9.59 Å². The van der Waals surface area contributed by atoms with Gasteiger partial charge in [-0.15, -0.1) is 0 Å². The number of nitrogens with zero attached hydrogens (tertiary/aromatic N) is 2. The van der Waals surface area contributed by atoms with Crippen molar-refractivity contribution < 1.29 is 14.3 Å². The number of aromatic nitrogens is 2. The second-order valence-corrected chi connectivity index (χ2v) is 5.79. The van der Waals surface area contributed by atoms with E-state index in [1.54, 1.807) is 13.8 Å². The van der Waals surface area contributed by atoms with Gasteiger partial charge in [0.2, 0.25) is 5.91 Å². The molecule has 1 heterocycles. The number of rotatable bonds is 5. The predicted molar refractivity (Wildman–Crippen MR) is 84.2 cm³/mol. The molecule has 0 radical (unpaired) electrons. The molecule has 1 saturated carbocycles. The van der Waals surface area contributed by atoms with E-state index in [1.165, 1.54) is 12.5 Å². The Morgan fingerprint density at radius 3 is 2.70 bits per heavy atom. The van der Waals surface area contributed by atoms with Crippen LogP contribution >= 0.6 is 0 Å². The summed E-state index contributed by atoms with van der Waals surface area (Å²) in [7, 11) is 0. The molecule has 7 nitrogen and oxygen atoms in total. The average molecular weight is 321 g/mol. The summed E-state index contributed by atoms with van der Waals surface area (Å²) in [5, 5.41) is 6.98. The van der Waals surface area contributed by atoms with Crippen molar-refractivity contribution in [1.29, 1.82) is 0 Å². The van der Waals surface area contributed by atoms with Gasteiger partial charge in [-0.2, -0.15) is 5.10 Å². The van der Waals surface area contributed by atoms with E-state index in [0.29, 0.717) is 5.69 Å². The molecule has 0 atom stereocenters. The fourth-order valence-corrected chi connectivity index (χ4v) is 2.79. The summed E-state index contributed by atoms with van der Waals surface area (Å²) in [6, 6.07) is 1.55. The highest BCUT2D eigenvalue weighted by Crippen LogP contribution is 2.17. The molecule has 1 aliphatic rings. The van der Waals surface area contributed by atoms with Crippen LogP contribution in [0.3, 0.4) is 0 Å². The minimum absolute atomic E-state index is 0.0928. The molecule has 1 amide bonds. The van der Waals surface area contributed by atoms with Crippen LogP contribution in [0.4, 0.5) is 0 Å². The van der Waals surface area contributed by atoms with Gasteiger partial charge in [0, 0.05) is 6.04 Å². The molecule has 0 unspecified atom stereocenters. The topological polar surface area (TPSA) is 90.3 Å². The minimum Gasteiger partial charge on any atom is -0.462 e. The first kappa shape index (κ1) is 17.2. The number of amides is 1. The van der Waals surface area contributed by atoms with Crippen LogP contribution in [0, 0.1) is 6.92 Å². The van der Waals surface area contributed by atoms with Crippen LogP contribution in [0.1, 0.15) is 55.1 Å². The molecular weight excluding hydrogens is 298 g/mol. The van der Waals surface area contributed by atoms with E-state index in [4.69, 9.17) is 4.74 Å². The van der Waals surface area contributed by atoms with Crippen molar-refractivity contribution in [3.8, 4) is 0 Å². The lowest BCUT2D eigenvalue weighted by Crippen LogP contribution is -2.41. The summed E-state index contributed by atoms with van der Waals surface area (Å²) < 4.78 is 5.89. The first-order valence-corrected chi connectivity index (χ1v) is 8.06. The predicted octanol–water partition coefficient (Wildman–Crippen LogP) is 1.18. The summed E-state index contributed by atoms with van der Waals surface area (Å²) >= 11 is 0. The molecule has 1 N–H and O–H groups in total. The van der Waals surface area contributed by atoms with Crippen molar-refractivity contribution in [2.45, 2.75) is 58.5 Å². The van der Waals surface area contributed by atoms with Crippen LogP contribution in [0.5, 0.6) is 0 Å². The fraction of sp³-hybridized carbons (Fsp3) is 0.625. The lowest BCUT2D eigenvalue weighted by Gasteiger charge is -2.22. The Kier molecular flexibility index (Phi) is 5.90. The van der Waals surface area contributed by atoms with E-state index >= 15 is 0 Å². The van der Waals surface area contributed by atoms with Gasteiger partial charge in [-0.1, -0.05) is 19.3 Å². The molecule has 0 aromatic carbocycles. The van der Waals surface area contributed by atoms with Crippen LogP contribution in [-0.4, -0.2) is 34.3 Å². The summed E-state index contributed by atoms with van der Waals surface area (Å²) in [4.78, 5) is 36.2. The van der Waals surface area contributed by atoms with Crippen LogP contribution in [0.2, 0.25) is 0 Å². The second kappa shape index (κ2) is 7.89. The highest BCUT2D eigenvalue weighted by atomic mass is 16.5. The third-order valence-electron chi connectivity index (χ3n) is 3.86. The van der Waals surface area contributed by atoms with E-state index in [-0.39, 0.29) is 30.7 Å². The first-order valence-electron chi connectivity index (χ1n) is 8.06. The molecule has 7 heteroatoms. The Labute approximate surface area is 135 Å². The molecule has 0 spiro atoms. The summed E-state index contributed by atoms with van der Waals surface area (Å²) in [6.45, 7) is 3.32. The Bertz CT molecular complexity index is 633. The maximum absolute atomic E-state index is 12.3. The molecule has 126 valence electrons. The maximum atomic E-state index is 12.3. The minimum atomic E-state index is -0.690. The number of aryl methyl sites for hydroxylation is 1. The number of esters is 1. The highest BCUT2D eigenvalue weighted by molar-refractivity contribution is 5.89. The van der Waals surface area contributed by atoms with E-state index in [2.05, 4.69) is 10.4 Å². The Hall–Kier alpha value is -2.18. The number of ether oxygens (including phenoxy) is 1. The lowest BCUT2D eigenvalue weighted by atomic mass is 9.95. The maximum Gasteiger partial charge on any atom is 0.343 e. The van der Waals surface area contributed by atoms with Gasteiger partial charge in [-0.25, -0.2) is 9.48 Å². The monoisotopic (exact) mass is 321 g/mol. The molecule has 0 aliphatic heterocycles. The van der Waals surface area contributed by atoms with E-state index in [9.17, 15) is 14.4 Å². The van der Waals surface area contributed by atoms with Crippen molar-refractivity contribution in [2.75, 3.05) is 6.61 Å². The van der Waals surface area contributed by atoms with Gasteiger partial charge < -0.3 is 10.1 Å². The van der Waals surface area contributed by atoms with Crippen molar-refractivity contribution in [3.05, 3.63) is 27.7 Å². The quantitative estimate of drug-likeness (QED) is 0.822. The molecular formula is C16H23N3O4. The third-order valence-corrected chi connectivity index (χ3v) is 3.86. The van der Waals surface area contributed by atoms with Crippen molar-refractivity contribution in [3.63, 3.8) is 0 Å². The molecule has 0 bridgehead atoms. The van der Waals surface area contributed by atoms with Crippen molar-refractivity contribution >= 4 is 11.9 Å². The number of hydrogen-bond acceptors (Lipinski definition) is 5. The molecule has 2 rings (SSSR count). The van der Waals surface area contributed by atoms with E-state index in [1.807, 2.05) is 0 Å². The van der Waals surface area contributed by atoms with Crippen molar-refractivity contribution in [1.82, 2.24) is 15.1 Å². The lowest BCUT2D eigenvalue weighted by molar-refractivity contribution is -0.122. The first-order chi connectivity index (χ1) is 11.0. The zero-order valence-corrected chi connectivity index (χ0v) is 13.6. The van der Waals surface area contributed by atoms with Gasteiger partial charge in [0.1, 0.15) is 12.1 Å². The van der Waals surface area contributed by atoms with Crippen LogP contribution in [-0.2, 0) is 16.1 Å². The Morgan fingerprint density at radius 1 is 1.35 bits per heavy atom. The summed E-state index contributed by atoms with van der Waals surface area (Å²) in [5.41, 5.74) is -0.212. The largest absolute Gasteiger partial charge is 0.462 e. The second-order valence-electron chi connectivity index (χ2n) is 5.79. The van der Waals surface area contributed by atoms with Crippen molar-refractivity contribution in [2.24, 2.45) is 0 Å². The summed E-state index contributed by atoms with van der Waals surface area (Å²) in [5.74, 6) is -0.948. The van der Waals surface area contributed by atoms with Crippen LogP contribution in [0.15, 0.2) is 10.9 Å². The molecule has 1 aliphatic carbocycles. The van der Waals surface area contributed by atoms with E-state index < -0.39 is 11.5 Å². The Morgan fingerprint density at radius 2 is 2.04 bits per heavy atom. The SMILES string of the molecule is CCOC(=O)c1cc(C)nn(CC(=O)NC2CCCCC2)c1=O. The molecule has 0 saturated heterocycles. The highest BCUT2D eigenvalue weighted by Gasteiger charge is 2.19. The van der Waals surface area contributed by atoms with E-state index in [0.717, 1.165) is 30.4 Å². The smallest absolute Gasteiger partial charge is 0.343 e. The molecule has 1 fully saturated rings. The number of carbonyl (C=O) groups excluding carboxylic acids is 2. The zero-order valence-electron chi connectivity index (χ0n) is 13.6. The molecule has 1 aromatic heterocycles. The van der Waals surface area contributed by atoms with Crippen LogP contribution in [0.25, 0.3) is 0 Å². The van der Waals surface area contributed by atoms with Gasteiger partial charge in [-0.05, 0) is 32.8 Å². The van der Waals surface area contributed by atoms with Gasteiger partial charge in [0.05, 0.1) is 12.3 Å². The number of carbonyl (C=O) groups is 2. The summed E-state index contributed by atoms with van der Waals surface area (Å²) in [6.07, 6.45) is 5.36. The van der Waals surface area contributed by atoms with Gasteiger partial charge in [0.25, 0.3) is 5.56 Å². The zero-order chi connectivity index (χ0) is 16.8. The van der Waals surface area contributed by atoms with Crippen LogP contribution < -0.4 is 10.9 Å². The third kappa shape index (κ3) is 4.64. The molecule has 1 aromatic rings. The van der Waals surface area contributed by atoms with Gasteiger partial charge in [0.15, 0.2) is 0 Å². The normalized spacial score (nSPS) is 15.2. The van der Waals surface area contributed by atoms with Gasteiger partial charge >= 0.3 is 5.97 Å². The number of hydrogen-bond donors (Lipinski definition) is 1. The fourth-order valence-electron chi connectivity index (χ4n) is 2.79. The standard InChI is InChI=1S/C16H23N3O4/c1-3-23-16(22)13-9-11(2)18-19(15(13)21)10-14(20)17-12-7-5-4-6-8-12/h9,12H,3-8,10H2,1-2H3,(H,17,20). The average Bonchev–Trinajstić information content (AvgIpc) is 2.51. The Balaban J connectivity index is 2.11.